The van der Waals surface area contributed by atoms with E-state index in [1.807, 2.05) is 27.7 Å². The summed E-state index contributed by atoms with van der Waals surface area (Å²) in [6.07, 6.45) is 3.53. The predicted molar refractivity (Wildman–Crippen MR) is 88.4 cm³/mol. The number of hydrogen-bond donors (Lipinski definition) is 1. The van der Waals surface area contributed by atoms with E-state index in [0.717, 1.165) is 30.1 Å². The van der Waals surface area contributed by atoms with Crippen LogP contribution in [0.2, 0.25) is 0 Å². The summed E-state index contributed by atoms with van der Waals surface area (Å²) in [7, 11) is 0. The maximum atomic E-state index is 8.89. The molecular weight excluding hydrogens is 232 g/mol. The van der Waals surface area contributed by atoms with E-state index in [9.17, 15) is 0 Å². The summed E-state index contributed by atoms with van der Waals surface area (Å²) in [5.41, 5.74) is 0.480. The molecule has 0 spiro atoms. The van der Waals surface area contributed by atoms with Crippen LogP contribution in [-0.4, -0.2) is 11.7 Å². The molecule has 19 heavy (non-hydrogen) atoms. The monoisotopic (exact) mass is 272 g/mol. The van der Waals surface area contributed by atoms with Crippen LogP contribution >= 0.6 is 0 Å². The first-order valence-corrected chi connectivity index (χ1v) is 8.52. The highest BCUT2D eigenvalue weighted by Crippen LogP contribution is 2.53. The van der Waals surface area contributed by atoms with Gasteiger partial charge in [-0.25, -0.2) is 0 Å². The van der Waals surface area contributed by atoms with Gasteiger partial charge in [-0.2, -0.15) is 0 Å². The van der Waals surface area contributed by atoms with Crippen LogP contribution in [0.1, 0.15) is 81.6 Å². The molecule has 0 bridgehead atoms. The number of hydrogen-bond acceptors (Lipinski definition) is 1. The minimum atomic E-state index is 0.350. The van der Waals surface area contributed by atoms with Gasteiger partial charge in [0.15, 0.2) is 0 Å². The van der Waals surface area contributed by atoms with E-state index in [-0.39, 0.29) is 0 Å². The Labute approximate surface area is 123 Å². The Morgan fingerprint density at radius 1 is 1.11 bits per heavy atom. The van der Waals surface area contributed by atoms with Crippen molar-refractivity contribution in [1.29, 1.82) is 0 Å². The maximum absolute atomic E-state index is 8.89. The predicted octanol–water partition coefficient (Wildman–Crippen LogP) is 5.77. The summed E-state index contributed by atoms with van der Waals surface area (Å²) in [6.45, 7) is 20.4. The molecular formula is C18H40O. The fraction of sp³-hybridized carbons (Fsp3) is 1.00. The first-order chi connectivity index (χ1) is 8.91. The van der Waals surface area contributed by atoms with Crippen LogP contribution in [0.15, 0.2) is 0 Å². The summed E-state index contributed by atoms with van der Waals surface area (Å²) in [5, 5.41) is 8.89. The second-order valence-electron chi connectivity index (χ2n) is 6.27. The molecule has 1 saturated carbocycles. The largest absolute Gasteiger partial charge is 0.396 e. The molecule has 1 fully saturated rings. The molecule has 1 heteroatoms. The Morgan fingerprint density at radius 3 is 1.89 bits per heavy atom. The third-order valence-corrected chi connectivity index (χ3v) is 5.11. The molecule has 0 saturated heterocycles. The van der Waals surface area contributed by atoms with Gasteiger partial charge in [-0.1, -0.05) is 62.3 Å². The van der Waals surface area contributed by atoms with Crippen molar-refractivity contribution < 1.29 is 5.11 Å². The Morgan fingerprint density at radius 2 is 1.58 bits per heavy atom. The maximum Gasteiger partial charge on any atom is 0.0431 e. The molecule has 1 nitrogen and oxygen atoms in total. The summed E-state index contributed by atoms with van der Waals surface area (Å²) < 4.78 is 0. The molecule has 0 heterocycles. The van der Waals surface area contributed by atoms with E-state index in [1.54, 1.807) is 0 Å². The van der Waals surface area contributed by atoms with Crippen molar-refractivity contribution in [2.75, 3.05) is 6.61 Å². The van der Waals surface area contributed by atoms with Crippen LogP contribution in [-0.2, 0) is 0 Å². The molecule has 118 valence electrons. The topological polar surface area (TPSA) is 20.2 Å². The van der Waals surface area contributed by atoms with Crippen molar-refractivity contribution in [3.05, 3.63) is 0 Å². The van der Waals surface area contributed by atoms with Crippen molar-refractivity contribution in [1.82, 2.24) is 0 Å². The molecule has 0 aliphatic heterocycles. The fourth-order valence-corrected chi connectivity index (χ4v) is 3.56. The van der Waals surface area contributed by atoms with Crippen LogP contribution < -0.4 is 0 Å². The molecule has 0 radical (unpaired) electrons. The van der Waals surface area contributed by atoms with E-state index in [0.29, 0.717) is 12.0 Å². The minimum absolute atomic E-state index is 0.350. The van der Waals surface area contributed by atoms with Gasteiger partial charge in [-0.05, 0) is 48.3 Å². The molecule has 0 aromatic carbocycles. The molecule has 0 amide bonds. The molecule has 1 rings (SSSR count). The second kappa shape index (κ2) is 10.7. The zero-order valence-electron chi connectivity index (χ0n) is 15.1. The van der Waals surface area contributed by atoms with Gasteiger partial charge in [0, 0.05) is 6.61 Å². The highest BCUT2D eigenvalue weighted by molar-refractivity contribution is 4.95. The van der Waals surface area contributed by atoms with Gasteiger partial charge < -0.3 is 5.11 Å². The number of aliphatic hydroxyl groups is 1. The van der Waals surface area contributed by atoms with Gasteiger partial charge >= 0.3 is 0 Å². The molecule has 1 N–H and O–H groups in total. The number of rotatable bonds is 4. The lowest BCUT2D eigenvalue weighted by atomic mass is 9.70. The quantitative estimate of drug-likeness (QED) is 0.689. The van der Waals surface area contributed by atoms with Crippen LogP contribution in [0.4, 0.5) is 0 Å². The van der Waals surface area contributed by atoms with Gasteiger partial charge in [0.25, 0.3) is 0 Å². The average Bonchev–Trinajstić information content (AvgIpc) is 2.64. The molecule has 1 aliphatic carbocycles. The van der Waals surface area contributed by atoms with Crippen molar-refractivity contribution in [2.24, 2.45) is 29.1 Å². The molecule has 4 atom stereocenters. The minimum Gasteiger partial charge on any atom is -0.396 e. The van der Waals surface area contributed by atoms with Gasteiger partial charge in [0.1, 0.15) is 0 Å². The third-order valence-electron chi connectivity index (χ3n) is 5.11. The Hall–Kier alpha value is -0.0400. The summed E-state index contributed by atoms with van der Waals surface area (Å²) in [6, 6.07) is 0. The third kappa shape index (κ3) is 5.85. The van der Waals surface area contributed by atoms with Crippen molar-refractivity contribution in [2.45, 2.75) is 81.6 Å². The zero-order valence-corrected chi connectivity index (χ0v) is 15.1. The van der Waals surface area contributed by atoms with Gasteiger partial charge in [-0.15, -0.1) is 0 Å². The summed E-state index contributed by atoms with van der Waals surface area (Å²) in [5.74, 6) is 3.30. The lowest BCUT2D eigenvalue weighted by molar-refractivity contribution is 0.131. The molecule has 4 unspecified atom stereocenters. The Balaban J connectivity index is 0. The molecule has 0 aromatic rings. The highest BCUT2D eigenvalue weighted by Gasteiger charge is 2.46. The van der Waals surface area contributed by atoms with E-state index in [1.165, 1.54) is 12.8 Å². The van der Waals surface area contributed by atoms with Crippen molar-refractivity contribution in [3.63, 3.8) is 0 Å². The van der Waals surface area contributed by atoms with Crippen LogP contribution in [0.25, 0.3) is 0 Å². The molecule has 1 aliphatic rings. The summed E-state index contributed by atoms with van der Waals surface area (Å²) in [4.78, 5) is 0. The summed E-state index contributed by atoms with van der Waals surface area (Å²) >= 11 is 0. The first-order valence-electron chi connectivity index (χ1n) is 8.52. The Kier molecular flexibility index (Phi) is 12.0. The van der Waals surface area contributed by atoms with Crippen LogP contribution in [0.5, 0.6) is 0 Å². The van der Waals surface area contributed by atoms with E-state index in [2.05, 4.69) is 34.6 Å². The van der Waals surface area contributed by atoms with Gasteiger partial charge in [0.2, 0.25) is 0 Å². The van der Waals surface area contributed by atoms with Crippen LogP contribution in [0.3, 0.4) is 0 Å². The van der Waals surface area contributed by atoms with Gasteiger partial charge in [-0.3, -0.25) is 0 Å². The van der Waals surface area contributed by atoms with Crippen molar-refractivity contribution in [3.8, 4) is 0 Å². The SMILES string of the molecule is CC.CC.CC1CC(C(C)CCCO)C(C)(C)C1C. The lowest BCUT2D eigenvalue weighted by Gasteiger charge is -2.35. The molecule has 0 aromatic heterocycles. The van der Waals surface area contributed by atoms with Crippen molar-refractivity contribution >= 4 is 0 Å². The standard InChI is InChI=1S/C14H28O.2C2H6/c1-10(7-6-8-15)13-9-11(2)12(3)14(13,4)5;2*1-2/h10-13,15H,6-9H2,1-5H3;2*1-2H3. The average molecular weight is 273 g/mol. The van der Waals surface area contributed by atoms with Gasteiger partial charge in [0.05, 0.1) is 0 Å². The van der Waals surface area contributed by atoms with E-state index in [4.69, 9.17) is 5.11 Å². The smallest absolute Gasteiger partial charge is 0.0431 e. The van der Waals surface area contributed by atoms with E-state index < -0.39 is 0 Å². The number of aliphatic hydroxyl groups excluding tert-OH is 1. The lowest BCUT2D eigenvalue weighted by Crippen LogP contribution is -2.28. The zero-order chi connectivity index (χ0) is 15.6. The highest BCUT2D eigenvalue weighted by atomic mass is 16.2. The van der Waals surface area contributed by atoms with E-state index >= 15 is 0 Å². The van der Waals surface area contributed by atoms with Crippen LogP contribution in [0, 0.1) is 29.1 Å². The fourth-order valence-electron chi connectivity index (χ4n) is 3.56. The Bertz CT molecular complexity index is 198. The first kappa shape index (κ1) is 21.3. The normalized spacial score (nSPS) is 29.7. The second-order valence-corrected chi connectivity index (χ2v) is 6.27.